The first-order valence-electron chi connectivity index (χ1n) is 43.4. The first-order valence-corrected chi connectivity index (χ1v) is 43.4. The Morgan fingerprint density at radius 3 is 1.25 bits per heavy atom. The summed E-state index contributed by atoms with van der Waals surface area (Å²) in [5, 5.41) is 0. The number of benzene rings is 6. The van der Waals surface area contributed by atoms with Gasteiger partial charge in [-0.1, -0.05) is 158 Å². The lowest BCUT2D eigenvalue weighted by atomic mass is 9.97. The molecule has 4 bridgehead atoms. The number of piperidine rings is 1. The number of anilines is 10. The zero-order chi connectivity index (χ0) is 83.8. The number of para-hydroxylation sites is 4. The second kappa shape index (κ2) is 37.4. The van der Waals surface area contributed by atoms with Crippen LogP contribution >= 0.6 is 0 Å². The molecule has 0 saturated carbocycles. The third-order valence-corrected chi connectivity index (χ3v) is 26.6. The molecule has 620 valence electrons. The number of rotatable bonds is 6. The third-order valence-electron chi connectivity index (χ3n) is 26.6. The summed E-state index contributed by atoms with van der Waals surface area (Å²) in [6, 6.07) is 92.0. The van der Waals surface area contributed by atoms with E-state index in [2.05, 4.69) is 490 Å². The Bertz CT molecular complexity index is 5460. The number of fused-ring (bicyclic) bond motifs is 12. The summed E-state index contributed by atoms with van der Waals surface area (Å²) in [7, 11) is 21.5. The molecule has 0 spiro atoms. The molecule has 20 rings (SSSR count). The highest BCUT2D eigenvalue weighted by Crippen LogP contribution is 2.45. The molecule has 0 N–H and O–H groups in total. The summed E-state index contributed by atoms with van der Waals surface area (Å²) in [5.41, 5.74) is 16.4. The summed E-state index contributed by atoms with van der Waals surface area (Å²) in [5.74, 6) is 7.56. The van der Waals surface area contributed by atoms with E-state index in [4.69, 9.17) is 0 Å². The van der Waals surface area contributed by atoms with E-state index in [1.807, 2.05) is 0 Å². The summed E-state index contributed by atoms with van der Waals surface area (Å²) >= 11 is 0. The molecule has 12 aromatic rings. The molecule has 10 atom stereocenters. The van der Waals surface area contributed by atoms with Gasteiger partial charge in [0, 0.05) is 130 Å². The van der Waals surface area contributed by atoms with E-state index in [0.717, 1.165) is 58.2 Å². The molecule has 120 heavy (non-hydrogen) atoms. The first kappa shape index (κ1) is 83.5. The van der Waals surface area contributed by atoms with Gasteiger partial charge in [-0.3, -0.25) is 19.6 Å². The fourth-order valence-corrected chi connectivity index (χ4v) is 19.3. The van der Waals surface area contributed by atoms with Crippen LogP contribution in [0.25, 0.3) is 11.1 Å². The number of hydrogen-bond donors (Lipinski definition) is 0. The fraction of sp³-hybridized carbons (Fsp3) is 0.353. The average molecular weight is 1610 g/mol. The van der Waals surface area contributed by atoms with Crippen LogP contribution in [-0.4, -0.2) is 124 Å². The molecule has 0 aliphatic carbocycles. The van der Waals surface area contributed by atoms with Crippen molar-refractivity contribution in [2.75, 3.05) is 100 Å². The standard InChI is InChI=1S/C21H22N3.C17H20N3.3C17H22N3.C13H20N3/c1-16-23(3)19-12-6-4-10-17(19)18-11-5-7-13-20(18)24(16)21-14-8-9-15-22(21)2;1-13-19-11-14-7-3-4-8-15(14)16(12-19)20(13)17-9-5-6-10-18(17)2;1-14-18(2)13-11-15-8-4-5-9-16(15)20(14)17-10-6-7-12-19(17)3;1-14-19(3)16-9-5-4-8-15(16)11-13-20(14)17-10-6-7-12-18(17)2;1-14-19(3)12-15-8-4-5-9-16(15)13-20(14)17-10-6-7-11-18(17)2;1-11-15-9-5-6-12(10-15)16(11)13-7-3-4-8-14(13)2/h4-16H,1-3H3;3-10,13,16H,11-12H2,1-2H3;2*4-10,12,14H,11,13H2,1-3H3;4-11,14H,12-13H2,1-3H3;3-4,7-8,11-12H,5-6,9-10H2,1-2H3/q6*+1. The van der Waals surface area contributed by atoms with Crippen LogP contribution in [0.1, 0.15) is 93.8 Å². The number of hydrogen-bond acceptors (Lipinski definition) is 12. The summed E-state index contributed by atoms with van der Waals surface area (Å²) in [4.78, 5) is 29.6. The van der Waals surface area contributed by atoms with Gasteiger partial charge in [0.1, 0.15) is 48.5 Å². The number of likely N-dealkylation sites (N-methyl/N-ethyl adjacent to an activating group) is 1. The SMILES string of the molecule is CC1N(C)CCc2ccccc2N1c1cccc[n+]1C.CC1N(C)Cc2ccccc2CN1c1cccc[n+]1C.CC1N(C)c2ccccc2-c2ccccc2N1c1cccc[n+]1C.CC1N(C)c2ccccc2CCN1c1cccc[n+]1C.CC1N2CCCC(C2)N1c1cccc[n+]1C.CC1N2Cc3ccccc3C(C2)N1c1cccc[n+]1C. The van der Waals surface area contributed by atoms with E-state index < -0.39 is 0 Å². The number of pyridine rings is 6. The van der Waals surface area contributed by atoms with Crippen LogP contribution in [0.15, 0.2) is 292 Å². The van der Waals surface area contributed by atoms with Crippen LogP contribution in [0, 0.1) is 0 Å². The molecule has 6 aromatic heterocycles. The minimum absolute atomic E-state index is 0.198. The number of aryl methyl sites for hydroxylation is 6. The highest BCUT2D eigenvalue weighted by Gasteiger charge is 2.49. The van der Waals surface area contributed by atoms with Crippen molar-refractivity contribution < 1.29 is 27.4 Å². The van der Waals surface area contributed by atoms with Crippen molar-refractivity contribution in [3.63, 3.8) is 0 Å². The fourth-order valence-electron chi connectivity index (χ4n) is 19.3. The Morgan fingerprint density at radius 1 is 0.283 bits per heavy atom. The van der Waals surface area contributed by atoms with Crippen LogP contribution in [-0.2, 0) is 74.8 Å². The van der Waals surface area contributed by atoms with Gasteiger partial charge in [0.15, 0.2) is 18.5 Å². The molecule has 0 amide bonds. The molecule has 0 radical (unpaired) electrons. The van der Waals surface area contributed by atoms with Gasteiger partial charge in [-0.05, 0) is 158 Å². The Hall–Kier alpha value is -11.5. The topological polar surface area (TPSA) is 62.2 Å². The van der Waals surface area contributed by atoms with Crippen LogP contribution in [0.3, 0.4) is 0 Å². The highest BCUT2D eigenvalue weighted by molar-refractivity contribution is 5.91. The normalized spacial score (nSPS) is 21.9. The van der Waals surface area contributed by atoms with Crippen molar-refractivity contribution in [1.82, 2.24) is 19.6 Å². The lowest BCUT2D eigenvalue weighted by molar-refractivity contribution is -0.659. The molecule has 8 aliphatic rings. The van der Waals surface area contributed by atoms with E-state index in [1.54, 1.807) is 0 Å². The third kappa shape index (κ3) is 17.5. The summed E-state index contributed by atoms with van der Waals surface area (Å²) < 4.78 is 13.2. The molecule has 18 nitrogen and oxygen atoms in total. The van der Waals surface area contributed by atoms with Gasteiger partial charge < -0.3 is 9.80 Å². The Morgan fingerprint density at radius 2 is 0.692 bits per heavy atom. The smallest absolute Gasteiger partial charge is 0.283 e. The Kier molecular flexibility index (Phi) is 26.0. The van der Waals surface area contributed by atoms with Crippen molar-refractivity contribution in [2.24, 2.45) is 42.3 Å². The van der Waals surface area contributed by atoms with Gasteiger partial charge in [-0.2, -0.15) is 0 Å². The molecule has 3 saturated heterocycles. The molecular formula is C102H128N18+6. The molecule has 14 heterocycles. The minimum Gasteiger partial charge on any atom is -0.336 e. The predicted molar refractivity (Wildman–Crippen MR) is 489 cm³/mol. The Balaban J connectivity index is 0.000000113. The van der Waals surface area contributed by atoms with Gasteiger partial charge in [-0.15, -0.1) is 0 Å². The lowest BCUT2D eigenvalue weighted by Gasteiger charge is -2.30. The maximum Gasteiger partial charge on any atom is 0.283 e. The van der Waals surface area contributed by atoms with Crippen molar-refractivity contribution in [3.05, 3.63) is 325 Å². The quantitative estimate of drug-likeness (QED) is 0.149. The maximum atomic E-state index is 2.60. The van der Waals surface area contributed by atoms with Crippen molar-refractivity contribution in [2.45, 2.75) is 136 Å². The van der Waals surface area contributed by atoms with Crippen molar-refractivity contribution >= 4 is 57.7 Å². The summed E-state index contributed by atoms with van der Waals surface area (Å²) in [6.07, 6.45) is 19.8. The maximum absolute atomic E-state index is 2.60. The lowest BCUT2D eigenvalue weighted by Crippen LogP contribution is -2.49. The van der Waals surface area contributed by atoms with Crippen LogP contribution in [0.2, 0.25) is 0 Å². The van der Waals surface area contributed by atoms with Crippen molar-refractivity contribution in [1.29, 1.82) is 0 Å². The van der Waals surface area contributed by atoms with E-state index in [1.165, 1.54) is 128 Å². The molecule has 8 aliphatic heterocycles. The molecular weight excluding hydrogens is 1480 g/mol. The van der Waals surface area contributed by atoms with Gasteiger partial charge in [-0.25, -0.2) is 56.8 Å². The number of nitrogens with zero attached hydrogens (tertiary/aromatic N) is 18. The van der Waals surface area contributed by atoms with Gasteiger partial charge in [0.05, 0.1) is 86.0 Å². The van der Waals surface area contributed by atoms with E-state index in [9.17, 15) is 0 Å². The van der Waals surface area contributed by atoms with Gasteiger partial charge in [0.25, 0.3) is 34.9 Å². The molecule has 3 fully saturated rings. The first-order chi connectivity index (χ1) is 58.2. The Labute approximate surface area is 715 Å². The zero-order valence-electron chi connectivity index (χ0n) is 73.9. The average Bonchev–Trinajstić information content (AvgIpc) is 1.59. The van der Waals surface area contributed by atoms with E-state index in [-0.39, 0.29) is 6.17 Å². The minimum atomic E-state index is 0.198. The predicted octanol–water partition coefficient (Wildman–Crippen LogP) is 14.6. The number of aromatic nitrogens is 6. The van der Waals surface area contributed by atoms with Gasteiger partial charge >= 0.3 is 0 Å². The second-order valence-electron chi connectivity index (χ2n) is 33.8. The highest BCUT2D eigenvalue weighted by atomic mass is 15.5. The second-order valence-corrected chi connectivity index (χ2v) is 33.8. The van der Waals surface area contributed by atoms with Gasteiger partial charge in [0.2, 0.25) is 0 Å². The van der Waals surface area contributed by atoms with Crippen molar-refractivity contribution in [3.8, 4) is 11.1 Å². The van der Waals surface area contributed by atoms with E-state index in [0.29, 0.717) is 36.9 Å². The molecule has 10 unspecified atom stereocenters. The van der Waals surface area contributed by atoms with Crippen LogP contribution in [0.4, 0.5) is 57.7 Å². The monoisotopic (exact) mass is 1610 g/mol. The molecule has 6 aromatic carbocycles. The molecule has 18 heteroatoms. The summed E-state index contributed by atoms with van der Waals surface area (Å²) in [6.45, 7) is 22.5. The van der Waals surface area contributed by atoms with E-state index >= 15 is 0 Å². The van der Waals surface area contributed by atoms with Crippen LogP contribution in [0.5, 0.6) is 0 Å². The van der Waals surface area contributed by atoms with Crippen LogP contribution < -0.4 is 66.6 Å². The zero-order valence-corrected chi connectivity index (χ0v) is 73.9. The largest absolute Gasteiger partial charge is 0.336 e.